The van der Waals surface area contributed by atoms with Crippen LogP contribution in [0.1, 0.15) is 25.0 Å². The number of para-hydroxylation sites is 2. The smallest absolute Gasteiger partial charge is 0.238 e. The number of aromatic nitrogens is 5. The van der Waals surface area contributed by atoms with Crippen LogP contribution in [0.2, 0.25) is 0 Å². The second kappa shape index (κ2) is 11.1. The van der Waals surface area contributed by atoms with Crippen molar-refractivity contribution < 1.29 is 0 Å². The lowest BCUT2D eigenvalue weighted by Crippen LogP contribution is -2.17. The van der Waals surface area contributed by atoms with Gasteiger partial charge in [0.15, 0.2) is 11.6 Å². The zero-order chi connectivity index (χ0) is 35.3. The van der Waals surface area contributed by atoms with Gasteiger partial charge < -0.3 is 4.57 Å². The minimum absolute atomic E-state index is 0.259. The highest BCUT2D eigenvalue weighted by Gasteiger charge is 2.38. The van der Waals surface area contributed by atoms with E-state index in [0.717, 1.165) is 33.2 Å². The van der Waals surface area contributed by atoms with E-state index < -0.39 is 0 Å². The molecule has 250 valence electrons. The minimum atomic E-state index is -0.259. The summed E-state index contributed by atoms with van der Waals surface area (Å²) < 4.78 is 4.70. The van der Waals surface area contributed by atoms with E-state index in [2.05, 4.69) is 150 Å². The van der Waals surface area contributed by atoms with Crippen molar-refractivity contribution in [2.75, 3.05) is 0 Å². The van der Waals surface area contributed by atoms with E-state index in [1.165, 1.54) is 49.4 Å². The zero-order valence-corrected chi connectivity index (χ0v) is 29.3. The van der Waals surface area contributed by atoms with Crippen LogP contribution in [-0.2, 0) is 5.41 Å². The van der Waals surface area contributed by atoms with E-state index in [4.69, 9.17) is 15.0 Å². The normalized spacial score (nSPS) is 13.2. The molecule has 11 rings (SSSR count). The molecular weight excluding hydrogens is 647 g/mol. The van der Waals surface area contributed by atoms with Gasteiger partial charge in [-0.15, -0.1) is 0 Å². The van der Waals surface area contributed by atoms with Crippen molar-refractivity contribution in [2.45, 2.75) is 19.3 Å². The van der Waals surface area contributed by atoms with Gasteiger partial charge in [0.1, 0.15) is 0 Å². The summed E-state index contributed by atoms with van der Waals surface area (Å²) >= 11 is 0. The maximum Gasteiger partial charge on any atom is 0.238 e. The zero-order valence-electron chi connectivity index (χ0n) is 29.3. The molecule has 0 spiro atoms. The van der Waals surface area contributed by atoms with Gasteiger partial charge in [0.2, 0.25) is 5.95 Å². The van der Waals surface area contributed by atoms with Crippen molar-refractivity contribution in [3.05, 3.63) is 175 Å². The maximum absolute atomic E-state index is 5.32. The van der Waals surface area contributed by atoms with Crippen LogP contribution in [0.15, 0.2) is 164 Å². The first kappa shape index (κ1) is 29.8. The fourth-order valence-electron chi connectivity index (χ4n) is 8.79. The number of fused-ring (bicyclic) bond motifs is 10. The van der Waals surface area contributed by atoms with Crippen LogP contribution in [0.4, 0.5) is 0 Å². The van der Waals surface area contributed by atoms with Crippen molar-refractivity contribution in [3.63, 3.8) is 0 Å². The molecule has 5 nitrogen and oxygen atoms in total. The third-order valence-electron chi connectivity index (χ3n) is 11.2. The van der Waals surface area contributed by atoms with Gasteiger partial charge >= 0.3 is 0 Å². The minimum Gasteiger partial charge on any atom is -0.309 e. The number of hydrogen-bond acceptors (Lipinski definition) is 3. The summed E-state index contributed by atoms with van der Waals surface area (Å²) in [5, 5.41) is 4.80. The Morgan fingerprint density at radius 1 is 0.434 bits per heavy atom. The molecule has 3 aromatic heterocycles. The molecule has 5 heteroatoms. The van der Waals surface area contributed by atoms with Gasteiger partial charge in [-0.05, 0) is 46.5 Å². The summed E-state index contributed by atoms with van der Waals surface area (Å²) in [4.78, 5) is 15.7. The molecule has 0 N–H and O–H groups in total. The van der Waals surface area contributed by atoms with Crippen LogP contribution in [0.5, 0.6) is 0 Å². The monoisotopic (exact) mass is 679 g/mol. The van der Waals surface area contributed by atoms with E-state index in [1.54, 1.807) is 0 Å². The molecule has 0 atom stereocenters. The van der Waals surface area contributed by atoms with E-state index in [-0.39, 0.29) is 5.41 Å². The van der Waals surface area contributed by atoms with Gasteiger partial charge in [0.05, 0.1) is 22.1 Å². The lowest BCUT2D eigenvalue weighted by Gasteiger charge is -2.23. The lowest BCUT2D eigenvalue weighted by atomic mass is 9.81. The first-order chi connectivity index (χ1) is 26.1. The average molecular weight is 680 g/mol. The number of rotatable bonds is 4. The molecule has 0 amide bonds. The van der Waals surface area contributed by atoms with E-state index in [1.807, 2.05) is 36.4 Å². The van der Waals surface area contributed by atoms with E-state index >= 15 is 0 Å². The summed E-state index contributed by atoms with van der Waals surface area (Å²) in [6.07, 6.45) is 0. The first-order valence-corrected chi connectivity index (χ1v) is 18.1. The van der Waals surface area contributed by atoms with Crippen LogP contribution in [0.25, 0.3) is 89.2 Å². The van der Waals surface area contributed by atoms with Crippen LogP contribution in [0, 0.1) is 0 Å². The number of nitrogens with zero attached hydrogens (tertiary/aromatic N) is 5. The topological polar surface area (TPSA) is 48.5 Å². The quantitative estimate of drug-likeness (QED) is 0.186. The Morgan fingerprint density at radius 3 is 1.64 bits per heavy atom. The highest BCUT2D eigenvalue weighted by molar-refractivity contribution is 6.14. The van der Waals surface area contributed by atoms with Crippen LogP contribution < -0.4 is 0 Å². The maximum atomic E-state index is 5.32. The third-order valence-corrected chi connectivity index (χ3v) is 11.2. The molecule has 3 heterocycles. The number of hydrogen-bond donors (Lipinski definition) is 0. The summed E-state index contributed by atoms with van der Waals surface area (Å²) in [6.45, 7) is 4.70. The molecule has 7 aromatic carbocycles. The first-order valence-electron chi connectivity index (χ1n) is 18.1. The molecule has 1 aliphatic rings. The van der Waals surface area contributed by atoms with Crippen molar-refractivity contribution >= 4 is 43.6 Å². The van der Waals surface area contributed by atoms with Crippen LogP contribution in [-0.4, -0.2) is 24.1 Å². The SMILES string of the molecule is CC1(C)c2ccccc2-c2ccc3c4ccc(-n5c6ccccc6c6ccccc65)cc4n(-c4nc(-c5ccccc5)nc(-c5ccccc5)n4)c3c21. The van der Waals surface area contributed by atoms with Gasteiger partial charge in [-0.3, -0.25) is 4.57 Å². The Kier molecular flexibility index (Phi) is 6.23. The highest BCUT2D eigenvalue weighted by Crippen LogP contribution is 2.53. The molecule has 53 heavy (non-hydrogen) atoms. The second-order valence-corrected chi connectivity index (χ2v) is 14.5. The molecule has 0 radical (unpaired) electrons. The second-order valence-electron chi connectivity index (χ2n) is 14.5. The molecule has 10 aromatic rings. The Labute approximate surface area is 306 Å². The predicted molar refractivity (Wildman–Crippen MR) is 217 cm³/mol. The Bertz CT molecular complexity index is 2970. The molecule has 0 fully saturated rings. The predicted octanol–water partition coefficient (Wildman–Crippen LogP) is 11.7. The molecule has 0 unspecified atom stereocenters. The van der Waals surface area contributed by atoms with Gasteiger partial charge in [0.25, 0.3) is 0 Å². The summed E-state index contributed by atoms with van der Waals surface area (Å²) in [6, 6.07) is 58.1. The molecule has 0 saturated carbocycles. The van der Waals surface area contributed by atoms with E-state index in [9.17, 15) is 0 Å². The van der Waals surface area contributed by atoms with Crippen molar-refractivity contribution in [3.8, 4) is 45.5 Å². The van der Waals surface area contributed by atoms with E-state index in [0.29, 0.717) is 17.6 Å². The number of benzene rings is 7. The van der Waals surface area contributed by atoms with Crippen molar-refractivity contribution in [1.82, 2.24) is 24.1 Å². The Balaban J connectivity index is 1.29. The lowest BCUT2D eigenvalue weighted by molar-refractivity contribution is 0.663. The van der Waals surface area contributed by atoms with Gasteiger partial charge in [-0.25, -0.2) is 4.98 Å². The molecule has 0 saturated heterocycles. The largest absolute Gasteiger partial charge is 0.309 e. The summed E-state index contributed by atoms with van der Waals surface area (Å²) in [5.74, 6) is 1.87. The van der Waals surface area contributed by atoms with Gasteiger partial charge in [0, 0.05) is 43.8 Å². The Morgan fingerprint density at radius 2 is 0.981 bits per heavy atom. The van der Waals surface area contributed by atoms with Crippen LogP contribution in [0.3, 0.4) is 0 Å². The van der Waals surface area contributed by atoms with Gasteiger partial charge in [-0.1, -0.05) is 153 Å². The van der Waals surface area contributed by atoms with Crippen molar-refractivity contribution in [1.29, 1.82) is 0 Å². The van der Waals surface area contributed by atoms with Crippen molar-refractivity contribution in [2.24, 2.45) is 0 Å². The molecule has 1 aliphatic carbocycles. The summed E-state index contributed by atoms with van der Waals surface area (Å²) in [5.41, 5.74) is 12.4. The van der Waals surface area contributed by atoms with Gasteiger partial charge in [-0.2, -0.15) is 9.97 Å². The average Bonchev–Trinajstić information content (AvgIpc) is 3.81. The molecular formula is C48H33N5. The third kappa shape index (κ3) is 4.28. The molecule has 0 aliphatic heterocycles. The van der Waals surface area contributed by atoms with Crippen LogP contribution >= 0.6 is 0 Å². The highest BCUT2D eigenvalue weighted by atomic mass is 15.2. The fourth-order valence-corrected chi connectivity index (χ4v) is 8.79. The standard InChI is InChI=1S/C48H33N5/c1-48(2)39-22-12-9-19-33(39)37-27-28-38-36-26-25-32(52-40-23-13-10-20-34(40)35-21-11-14-24-41(35)52)29-42(36)53(44(38)43(37)48)47-50-45(30-15-5-3-6-16-30)49-46(51-47)31-17-7-4-8-18-31/h3-29H,1-2H3. The summed E-state index contributed by atoms with van der Waals surface area (Å²) in [7, 11) is 0. The fraction of sp³-hybridized carbons (Fsp3) is 0.0625. The molecule has 0 bridgehead atoms. The Hall–Kier alpha value is -6.85.